The van der Waals surface area contributed by atoms with E-state index < -0.39 is 0 Å². The summed E-state index contributed by atoms with van der Waals surface area (Å²) >= 11 is 0. The number of rotatable bonds is 31. The molecular weight excluding hydrogens is 818 g/mol. The van der Waals surface area contributed by atoms with E-state index >= 15 is 0 Å². The summed E-state index contributed by atoms with van der Waals surface area (Å²) in [4.78, 5) is 0. The quantitative estimate of drug-likeness (QED) is 0.0475. The maximum atomic E-state index is 5.70. The minimum absolute atomic E-state index is 0. The predicted molar refractivity (Wildman–Crippen MR) is 169 cm³/mol. The summed E-state index contributed by atoms with van der Waals surface area (Å²) in [5, 5.41) is 0. The number of pyridine rings is 2. The van der Waals surface area contributed by atoms with Gasteiger partial charge in [-0.1, -0.05) is 26.7 Å². The van der Waals surface area contributed by atoms with Gasteiger partial charge in [-0.05, 0) is 24.0 Å². The highest BCUT2D eigenvalue weighted by Gasteiger charge is 2.06. The van der Waals surface area contributed by atoms with Crippen molar-refractivity contribution in [2.45, 2.75) is 52.6 Å². The molecule has 2 heterocycles. The number of nitrogens with zero attached hydrogens (tertiary/aromatic N) is 2. The molecule has 0 N–H and O–H groups in total. The molecule has 0 aliphatic rings. The van der Waals surface area contributed by atoms with Gasteiger partial charge in [-0.3, -0.25) is 0 Å². The van der Waals surface area contributed by atoms with Crippen molar-refractivity contribution in [1.82, 2.24) is 0 Å². The lowest BCUT2D eigenvalue weighted by Crippen LogP contribution is -3.00. The Labute approximate surface area is 311 Å². The highest BCUT2D eigenvalue weighted by atomic mass is 127. The van der Waals surface area contributed by atoms with E-state index in [0.29, 0.717) is 92.5 Å². The minimum atomic E-state index is 0. The molecular formula is C34H58I2N2O8. The van der Waals surface area contributed by atoms with E-state index in [-0.39, 0.29) is 48.0 Å². The molecule has 0 fully saturated rings. The number of ether oxygens (including phenoxy) is 8. The second kappa shape index (κ2) is 34.3. The Balaban J connectivity index is 0.0000101. The maximum Gasteiger partial charge on any atom is 0.171 e. The van der Waals surface area contributed by atoms with Gasteiger partial charge in [-0.25, -0.2) is 9.13 Å². The molecule has 0 radical (unpaired) electrons. The SMILES string of the molecule is CCCCOCCOCCOCCOCC[n+]1ccc(-c2cc[n+](CCOCCOCCOCCOCCCC)cc2)cc1.[I-].[I-]. The van der Waals surface area contributed by atoms with Crippen molar-refractivity contribution in [2.75, 3.05) is 106 Å². The Morgan fingerprint density at radius 3 is 0.870 bits per heavy atom. The van der Waals surface area contributed by atoms with Gasteiger partial charge in [0.1, 0.15) is 13.2 Å². The third-order valence-electron chi connectivity index (χ3n) is 6.62. The van der Waals surface area contributed by atoms with Crippen LogP contribution < -0.4 is 57.1 Å². The zero-order chi connectivity index (χ0) is 31.2. The van der Waals surface area contributed by atoms with Crippen LogP contribution in [0.1, 0.15) is 39.5 Å². The van der Waals surface area contributed by atoms with Crippen LogP contribution in [0, 0.1) is 0 Å². The van der Waals surface area contributed by atoms with Gasteiger partial charge in [0.2, 0.25) is 0 Å². The smallest absolute Gasteiger partial charge is 0.171 e. The van der Waals surface area contributed by atoms with Crippen LogP contribution in [0.4, 0.5) is 0 Å². The third kappa shape index (κ3) is 25.5. The Hall–Kier alpha value is -0.560. The standard InChI is InChI=1S/C34H58N2O8.2HI/c1-3-5-17-37-21-25-41-29-31-43-27-23-39-19-15-35-11-7-33(8-12-35)34-9-13-36(14-10-34)16-20-40-24-28-44-32-30-42-26-22-38-18-6-4-2;;/h7-14H,3-6,15-32H2,1-2H3;2*1H/q+2;;/p-2. The lowest BCUT2D eigenvalue weighted by molar-refractivity contribution is -0.698. The van der Waals surface area contributed by atoms with Gasteiger partial charge < -0.3 is 85.8 Å². The molecule has 0 aliphatic carbocycles. The minimum Gasteiger partial charge on any atom is -1.00 e. The molecule has 0 atom stereocenters. The first-order valence-corrected chi connectivity index (χ1v) is 16.4. The van der Waals surface area contributed by atoms with Crippen LogP contribution in [0.3, 0.4) is 0 Å². The van der Waals surface area contributed by atoms with Crippen LogP contribution in [-0.4, -0.2) is 106 Å². The second-order valence-electron chi connectivity index (χ2n) is 10.3. The van der Waals surface area contributed by atoms with Crippen molar-refractivity contribution in [1.29, 1.82) is 0 Å². The van der Waals surface area contributed by atoms with Crippen LogP contribution in [0.2, 0.25) is 0 Å². The summed E-state index contributed by atoms with van der Waals surface area (Å²) in [5.41, 5.74) is 2.36. The van der Waals surface area contributed by atoms with Gasteiger partial charge in [0.05, 0.1) is 79.3 Å². The summed E-state index contributed by atoms with van der Waals surface area (Å²) in [6.45, 7) is 15.9. The monoisotopic (exact) mass is 876 g/mol. The molecule has 2 aromatic rings. The van der Waals surface area contributed by atoms with Crippen molar-refractivity contribution >= 4 is 0 Å². The fourth-order valence-corrected chi connectivity index (χ4v) is 3.95. The van der Waals surface area contributed by atoms with Crippen LogP contribution >= 0.6 is 0 Å². The first-order chi connectivity index (χ1) is 21.8. The largest absolute Gasteiger partial charge is 1.00 e. The normalized spacial score (nSPS) is 10.9. The van der Waals surface area contributed by atoms with Gasteiger partial charge in [0.25, 0.3) is 0 Å². The fraction of sp³-hybridized carbons (Fsp3) is 0.706. The number of aromatic nitrogens is 2. The Kier molecular flexibility index (Phi) is 33.9. The highest BCUT2D eigenvalue weighted by Crippen LogP contribution is 2.15. The molecule has 46 heavy (non-hydrogen) atoms. The molecule has 0 bridgehead atoms. The highest BCUT2D eigenvalue weighted by molar-refractivity contribution is 5.60. The molecule has 2 aromatic heterocycles. The lowest BCUT2D eigenvalue weighted by atomic mass is 10.1. The average molecular weight is 877 g/mol. The van der Waals surface area contributed by atoms with Gasteiger partial charge in [0.15, 0.2) is 37.9 Å². The summed E-state index contributed by atoms with van der Waals surface area (Å²) in [6.07, 6.45) is 12.9. The molecule has 12 heteroatoms. The first kappa shape index (κ1) is 45.4. The Morgan fingerprint density at radius 1 is 0.370 bits per heavy atom. The van der Waals surface area contributed by atoms with E-state index in [9.17, 15) is 0 Å². The van der Waals surface area contributed by atoms with Crippen LogP contribution in [0.5, 0.6) is 0 Å². The zero-order valence-electron chi connectivity index (χ0n) is 28.1. The molecule has 0 unspecified atom stereocenters. The van der Waals surface area contributed by atoms with Gasteiger partial charge >= 0.3 is 0 Å². The van der Waals surface area contributed by atoms with E-state index in [1.165, 1.54) is 11.1 Å². The second-order valence-corrected chi connectivity index (χ2v) is 10.3. The maximum absolute atomic E-state index is 5.70. The van der Waals surface area contributed by atoms with Gasteiger partial charge in [0, 0.05) is 37.5 Å². The molecule has 10 nitrogen and oxygen atoms in total. The molecule has 0 aromatic carbocycles. The summed E-state index contributed by atoms with van der Waals surface area (Å²) in [6, 6.07) is 8.53. The molecule has 0 amide bonds. The van der Waals surface area contributed by atoms with E-state index in [1.54, 1.807) is 0 Å². The molecule has 2 rings (SSSR count). The van der Waals surface area contributed by atoms with Crippen molar-refractivity contribution in [3.63, 3.8) is 0 Å². The number of halogens is 2. The van der Waals surface area contributed by atoms with Crippen molar-refractivity contribution in [2.24, 2.45) is 0 Å². The van der Waals surface area contributed by atoms with Gasteiger partial charge in [-0.2, -0.15) is 0 Å². The predicted octanol–water partition coefficient (Wildman–Crippen LogP) is -2.33. The lowest BCUT2D eigenvalue weighted by Gasteiger charge is -2.07. The summed E-state index contributed by atoms with van der Waals surface area (Å²) in [7, 11) is 0. The molecule has 266 valence electrons. The number of hydrogen-bond donors (Lipinski definition) is 0. The van der Waals surface area contributed by atoms with Crippen molar-refractivity contribution in [3.05, 3.63) is 49.1 Å². The number of hydrogen-bond acceptors (Lipinski definition) is 8. The van der Waals surface area contributed by atoms with Crippen molar-refractivity contribution < 1.29 is 95.0 Å². The topological polar surface area (TPSA) is 81.6 Å². The summed E-state index contributed by atoms with van der Waals surface area (Å²) in [5.74, 6) is 0. The zero-order valence-corrected chi connectivity index (χ0v) is 32.4. The summed E-state index contributed by atoms with van der Waals surface area (Å²) < 4.78 is 48.6. The number of unbranched alkanes of at least 4 members (excludes halogenated alkanes) is 2. The van der Waals surface area contributed by atoms with Crippen molar-refractivity contribution in [3.8, 4) is 11.1 Å². The Bertz CT molecular complexity index is 824. The average Bonchev–Trinajstić information content (AvgIpc) is 3.05. The van der Waals surface area contributed by atoms with Gasteiger partial charge in [-0.15, -0.1) is 0 Å². The molecule has 0 saturated heterocycles. The molecule has 0 aliphatic heterocycles. The van der Waals surface area contributed by atoms with E-state index in [1.807, 2.05) is 0 Å². The first-order valence-electron chi connectivity index (χ1n) is 16.4. The third-order valence-corrected chi connectivity index (χ3v) is 6.62. The Morgan fingerprint density at radius 2 is 0.609 bits per heavy atom. The fourth-order valence-electron chi connectivity index (χ4n) is 3.95. The molecule has 0 spiro atoms. The van der Waals surface area contributed by atoms with Crippen LogP contribution in [0.25, 0.3) is 11.1 Å². The van der Waals surface area contributed by atoms with E-state index in [0.717, 1.165) is 52.0 Å². The van der Waals surface area contributed by atoms with Crippen LogP contribution in [0.15, 0.2) is 49.1 Å². The van der Waals surface area contributed by atoms with E-state index in [4.69, 9.17) is 37.9 Å². The van der Waals surface area contributed by atoms with Crippen LogP contribution in [-0.2, 0) is 51.0 Å². The molecule has 0 saturated carbocycles. The van der Waals surface area contributed by atoms with E-state index in [2.05, 4.69) is 72.0 Å².